The third-order valence-corrected chi connectivity index (χ3v) is 4.28. The average molecular weight is 428 g/mol. The van der Waals surface area contributed by atoms with Crippen LogP contribution in [0.4, 0.5) is 23.4 Å². The summed E-state index contributed by atoms with van der Waals surface area (Å²) in [6.07, 6.45) is -4.82. The van der Waals surface area contributed by atoms with Gasteiger partial charge in [0, 0.05) is 11.1 Å². The molecular weight excluding hydrogens is 416 g/mol. The molecule has 0 aliphatic rings. The molecule has 7 nitrogen and oxygen atoms in total. The van der Waals surface area contributed by atoms with Gasteiger partial charge in [-0.15, -0.1) is 10.2 Å². The number of hydrogen-bond donors (Lipinski definition) is 2. The summed E-state index contributed by atoms with van der Waals surface area (Å²) in [5, 5.41) is 14.9. The Hall–Kier alpha value is -4.15. The minimum absolute atomic E-state index is 0.0327. The van der Waals surface area contributed by atoms with Crippen molar-refractivity contribution >= 4 is 11.7 Å². The highest BCUT2D eigenvalue weighted by atomic mass is 19.4. The standard InChI is InChI=1S/C20H12F4N6O/c21-13-8-4-7-12(9-13)19(31)26-17-16(18-27-29-30-28-18)14(20(22,23)24)10-15(25-17)11-5-2-1-3-6-11/h1-10H,(H,25,26,31)(H,27,28,29,30). The number of anilines is 1. The molecule has 2 heterocycles. The van der Waals surface area contributed by atoms with E-state index >= 15 is 0 Å². The van der Waals surface area contributed by atoms with Crippen LogP contribution in [0, 0.1) is 5.82 Å². The lowest BCUT2D eigenvalue weighted by molar-refractivity contribution is -0.137. The Morgan fingerprint density at radius 3 is 2.42 bits per heavy atom. The first-order chi connectivity index (χ1) is 14.8. The van der Waals surface area contributed by atoms with Crippen LogP contribution in [0.3, 0.4) is 0 Å². The molecule has 0 saturated carbocycles. The first-order valence-electron chi connectivity index (χ1n) is 8.81. The Kier molecular flexibility index (Phi) is 5.15. The van der Waals surface area contributed by atoms with Crippen molar-refractivity contribution in [2.45, 2.75) is 6.18 Å². The van der Waals surface area contributed by atoms with Crippen molar-refractivity contribution in [1.82, 2.24) is 25.6 Å². The van der Waals surface area contributed by atoms with Crippen molar-refractivity contribution in [2.24, 2.45) is 0 Å². The van der Waals surface area contributed by atoms with Gasteiger partial charge < -0.3 is 5.32 Å². The summed E-state index contributed by atoms with van der Waals surface area (Å²) in [5.41, 5.74) is -1.41. The number of carbonyl (C=O) groups is 1. The van der Waals surface area contributed by atoms with Gasteiger partial charge in [0.15, 0.2) is 0 Å². The zero-order valence-electron chi connectivity index (χ0n) is 15.5. The number of halogens is 4. The van der Waals surface area contributed by atoms with Crippen LogP contribution < -0.4 is 5.32 Å². The molecule has 2 N–H and O–H groups in total. The molecule has 0 saturated heterocycles. The maximum Gasteiger partial charge on any atom is 0.417 e. The summed E-state index contributed by atoms with van der Waals surface area (Å²) < 4.78 is 55.4. The van der Waals surface area contributed by atoms with Crippen molar-refractivity contribution in [2.75, 3.05) is 5.32 Å². The van der Waals surface area contributed by atoms with Crippen LogP contribution in [0.2, 0.25) is 0 Å². The molecule has 0 bridgehead atoms. The second-order valence-corrected chi connectivity index (χ2v) is 6.34. The third kappa shape index (κ3) is 4.25. The Morgan fingerprint density at radius 2 is 1.77 bits per heavy atom. The van der Waals surface area contributed by atoms with Crippen LogP contribution in [-0.4, -0.2) is 31.5 Å². The number of rotatable bonds is 4. The predicted molar refractivity (Wildman–Crippen MR) is 102 cm³/mol. The number of aromatic amines is 1. The lowest BCUT2D eigenvalue weighted by Gasteiger charge is -2.17. The zero-order valence-corrected chi connectivity index (χ0v) is 15.5. The van der Waals surface area contributed by atoms with Gasteiger partial charge >= 0.3 is 6.18 Å². The fourth-order valence-corrected chi connectivity index (χ4v) is 2.92. The van der Waals surface area contributed by atoms with Gasteiger partial charge in [-0.1, -0.05) is 36.4 Å². The van der Waals surface area contributed by atoms with Gasteiger partial charge in [-0.05, 0) is 29.5 Å². The number of amides is 1. The Morgan fingerprint density at radius 1 is 1.00 bits per heavy atom. The number of carbonyl (C=O) groups excluding carboxylic acids is 1. The Bertz CT molecular complexity index is 1230. The van der Waals surface area contributed by atoms with E-state index in [1.54, 1.807) is 30.3 Å². The smallest absolute Gasteiger partial charge is 0.306 e. The minimum Gasteiger partial charge on any atom is -0.306 e. The number of benzene rings is 2. The number of H-pyrrole nitrogens is 1. The van der Waals surface area contributed by atoms with E-state index in [-0.39, 0.29) is 11.3 Å². The Balaban J connectivity index is 1.91. The van der Waals surface area contributed by atoms with Crippen LogP contribution in [-0.2, 0) is 6.18 Å². The van der Waals surface area contributed by atoms with Crippen LogP contribution >= 0.6 is 0 Å². The maximum atomic E-state index is 14.0. The van der Waals surface area contributed by atoms with Crippen molar-refractivity contribution < 1.29 is 22.4 Å². The topological polar surface area (TPSA) is 96.5 Å². The molecule has 2 aromatic heterocycles. The number of aromatic nitrogens is 5. The summed E-state index contributed by atoms with van der Waals surface area (Å²) in [7, 11) is 0. The highest BCUT2D eigenvalue weighted by molar-refractivity contribution is 6.05. The summed E-state index contributed by atoms with van der Waals surface area (Å²) in [5.74, 6) is -2.37. The van der Waals surface area contributed by atoms with Gasteiger partial charge in [0.05, 0.1) is 16.8 Å². The SMILES string of the molecule is O=C(Nc1nc(-c2ccccc2)cc(C(F)(F)F)c1-c1nn[nH]n1)c1cccc(F)c1. The van der Waals surface area contributed by atoms with Crippen LogP contribution in [0.1, 0.15) is 15.9 Å². The molecule has 0 unspecified atom stereocenters. The van der Waals surface area contributed by atoms with Gasteiger partial charge in [0.2, 0.25) is 5.82 Å². The van der Waals surface area contributed by atoms with Crippen molar-refractivity contribution in [3.8, 4) is 22.6 Å². The number of alkyl halides is 3. The average Bonchev–Trinajstić information content (AvgIpc) is 3.27. The predicted octanol–water partition coefficient (Wildman–Crippen LogP) is 4.34. The van der Waals surface area contributed by atoms with Crippen molar-refractivity contribution in [3.05, 3.63) is 77.6 Å². The van der Waals surface area contributed by atoms with Gasteiger partial charge in [-0.2, -0.15) is 18.4 Å². The molecule has 4 rings (SSSR count). The first-order valence-corrected chi connectivity index (χ1v) is 8.81. The molecule has 0 radical (unpaired) electrons. The molecule has 31 heavy (non-hydrogen) atoms. The van der Waals surface area contributed by atoms with Gasteiger partial charge in [0.25, 0.3) is 5.91 Å². The van der Waals surface area contributed by atoms with Gasteiger partial charge in [-0.25, -0.2) is 9.37 Å². The quantitative estimate of drug-likeness (QED) is 0.472. The molecule has 0 aliphatic heterocycles. The summed E-state index contributed by atoms with van der Waals surface area (Å²) in [4.78, 5) is 16.8. The maximum absolute atomic E-state index is 14.0. The number of nitrogens with one attached hydrogen (secondary N) is 2. The summed E-state index contributed by atoms with van der Waals surface area (Å²) in [6, 6.07) is 13.7. The van der Waals surface area contributed by atoms with E-state index in [0.717, 1.165) is 18.2 Å². The van der Waals surface area contributed by atoms with Crippen LogP contribution in [0.15, 0.2) is 60.7 Å². The molecule has 0 fully saturated rings. The van der Waals surface area contributed by atoms with E-state index in [4.69, 9.17) is 0 Å². The molecule has 1 amide bonds. The number of tetrazole rings is 1. The molecule has 156 valence electrons. The fourth-order valence-electron chi connectivity index (χ4n) is 2.92. The largest absolute Gasteiger partial charge is 0.417 e. The second kappa shape index (κ2) is 7.94. The molecule has 11 heteroatoms. The molecule has 0 atom stereocenters. The second-order valence-electron chi connectivity index (χ2n) is 6.34. The Labute approximate surface area is 172 Å². The highest BCUT2D eigenvalue weighted by Crippen LogP contribution is 2.41. The van der Waals surface area contributed by atoms with E-state index in [0.29, 0.717) is 5.56 Å². The third-order valence-electron chi connectivity index (χ3n) is 4.28. The monoisotopic (exact) mass is 428 g/mol. The van der Waals surface area contributed by atoms with Crippen LogP contribution in [0.5, 0.6) is 0 Å². The minimum atomic E-state index is -4.82. The van der Waals surface area contributed by atoms with Crippen molar-refractivity contribution in [3.63, 3.8) is 0 Å². The highest BCUT2D eigenvalue weighted by Gasteiger charge is 2.38. The van der Waals surface area contributed by atoms with E-state index in [1.807, 2.05) is 0 Å². The summed E-state index contributed by atoms with van der Waals surface area (Å²) in [6.45, 7) is 0. The van der Waals surface area contributed by atoms with Crippen molar-refractivity contribution in [1.29, 1.82) is 0 Å². The molecule has 4 aromatic rings. The fraction of sp³-hybridized carbons (Fsp3) is 0.0500. The van der Waals surface area contributed by atoms with E-state index < -0.39 is 40.7 Å². The molecule has 0 spiro atoms. The van der Waals surface area contributed by atoms with Gasteiger partial charge in [0.1, 0.15) is 11.6 Å². The molecule has 2 aromatic carbocycles. The molecule has 0 aliphatic carbocycles. The lowest BCUT2D eigenvalue weighted by atomic mass is 10.0. The van der Waals surface area contributed by atoms with E-state index in [2.05, 4.69) is 30.9 Å². The van der Waals surface area contributed by atoms with Crippen LogP contribution in [0.25, 0.3) is 22.6 Å². The van der Waals surface area contributed by atoms with E-state index in [9.17, 15) is 22.4 Å². The molecular formula is C20H12F4N6O. The number of hydrogen-bond acceptors (Lipinski definition) is 5. The zero-order chi connectivity index (χ0) is 22.0. The first kappa shape index (κ1) is 20.1. The number of pyridine rings is 1. The van der Waals surface area contributed by atoms with E-state index in [1.165, 1.54) is 12.1 Å². The number of nitrogens with zero attached hydrogens (tertiary/aromatic N) is 4. The normalized spacial score (nSPS) is 11.4. The van der Waals surface area contributed by atoms with Gasteiger partial charge in [-0.3, -0.25) is 4.79 Å². The lowest BCUT2D eigenvalue weighted by Crippen LogP contribution is -2.17. The summed E-state index contributed by atoms with van der Waals surface area (Å²) >= 11 is 0.